The minimum Gasteiger partial charge on any atom is -0.366 e. The smallest absolute Gasteiger partial charge is 0.250 e. The van der Waals surface area contributed by atoms with Gasteiger partial charge in [-0.2, -0.15) is 0 Å². The van der Waals surface area contributed by atoms with Crippen molar-refractivity contribution < 1.29 is 12.8 Å². The van der Waals surface area contributed by atoms with E-state index >= 15 is 0 Å². The molecule has 1 saturated heterocycles. The fourth-order valence-corrected chi connectivity index (χ4v) is 5.12. The number of aliphatic imine (C=N–C) groups is 1. The van der Waals surface area contributed by atoms with Crippen molar-refractivity contribution >= 4 is 57.0 Å². The highest BCUT2D eigenvalue weighted by Crippen LogP contribution is 2.20. The Hall–Kier alpha value is -1.44. The lowest BCUT2D eigenvalue weighted by Crippen LogP contribution is -2.53. The van der Waals surface area contributed by atoms with Gasteiger partial charge in [0.05, 0.1) is 5.69 Å². The summed E-state index contributed by atoms with van der Waals surface area (Å²) in [7, 11) is -1.76. The lowest BCUT2D eigenvalue weighted by molar-refractivity contribution is 0.371. The zero-order valence-corrected chi connectivity index (χ0v) is 20.0. The molecular weight excluding hydrogens is 528 g/mol. The van der Waals surface area contributed by atoms with E-state index in [1.54, 1.807) is 36.7 Å². The number of nitrogens with zero attached hydrogens (tertiary/aromatic N) is 3. The van der Waals surface area contributed by atoms with Crippen LogP contribution in [0, 0.1) is 5.82 Å². The van der Waals surface area contributed by atoms with Gasteiger partial charge in [0.25, 0.3) is 0 Å². The maximum absolute atomic E-state index is 14.0. The molecule has 0 radical (unpaired) electrons. The molecule has 0 bridgehead atoms. The van der Waals surface area contributed by atoms with Crippen LogP contribution in [0.5, 0.6) is 0 Å². The van der Waals surface area contributed by atoms with Crippen LogP contribution in [0.2, 0.25) is 0 Å². The maximum atomic E-state index is 14.0. The highest BCUT2D eigenvalue weighted by molar-refractivity contribution is 14.0. The molecule has 0 aliphatic carbocycles. The molecule has 0 unspecified atom stereocenters. The minimum atomic E-state index is -3.46. The van der Waals surface area contributed by atoms with Crippen LogP contribution in [0.1, 0.15) is 0 Å². The number of thiophene rings is 1. The fourth-order valence-electron chi connectivity index (χ4n) is 3.05. The average molecular weight is 553 g/mol. The summed E-state index contributed by atoms with van der Waals surface area (Å²) in [4.78, 5) is 8.39. The van der Waals surface area contributed by atoms with Crippen molar-refractivity contribution in [3.05, 3.63) is 47.6 Å². The highest BCUT2D eigenvalue weighted by atomic mass is 127. The number of guanidine groups is 1. The molecule has 0 amide bonds. The zero-order valence-electron chi connectivity index (χ0n) is 16.0. The van der Waals surface area contributed by atoms with Crippen molar-refractivity contribution in [3.63, 3.8) is 0 Å². The van der Waals surface area contributed by atoms with Gasteiger partial charge in [-0.1, -0.05) is 18.2 Å². The number of nitrogens with one attached hydrogen (secondary N) is 2. The molecule has 1 aliphatic rings. The molecule has 3 rings (SSSR count). The van der Waals surface area contributed by atoms with Crippen LogP contribution < -0.4 is 14.9 Å². The van der Waals surface area contributed by atoms with Crippen LogP contribution in [-0.2, 0) is 10.0 Å². The maximum Gasteiger partial charge on any atom is 0.250 e. The lowest BCUT2D eigenvalue weighted by atomic mass is 10.2. The monoisotopic (exact) mass is 553 g/mol. The SMILES string of the molecule is CN=C(NCCNS(=O)(=O)c1cccs1)N1CCN(c2ccccc2F)CC1.I. The average Bonchev–Trinajstić information content (AvgIpc) is 3.25. The molecule has 1 aliphatic heterocycles. The van der Waals surface area contributed by atoms with E-state index in [1.165, 1.54) is 17.4 Å². The van der Waals surface area contributed by atoms with Crippen molar-refractivity contribution in [1.29, 1.82) is 0 Å². The van der Waals surface area contributed by atoms with Gasteiger partial charge < -0.3 is 15.1 Å². The Labute approximate surface area is 192 Å². The summed E-state index contributed by atoms with van der Waals surface area (Å²) in [6, 6.07) is 10.1. The normalized spacial score (nSPS) is 15.2. The lowest BCUT2D eigenvalue weighted by Gasteiger charge is -2.37. The summed E-state index contributed by atoms with van der Waals surface area (Å²) in [6.07, 6.45) is 0. The molecule has 0 spiro atoms. The number of halogens is 2. The van der Waals surface area contributed by atoms with Crippen molar-refractivity contribution in [3.8, 4) is 0 Å². The topological polar surface area (TPSA) is 77.0 Å². The first-order valence-corrected chi connectivity index (χ1v) is 11.4. The molecule has 0 saturated carbocycles. The molecule has 2 N–H and O–H groups in total. The quantitative estimate of drug-likeness (QED) is 0.248. The van der Waals surface area contributed by atoms with Crippen LogP contribution in [-0.4, -0.2) is 65.6 Å². The second-order valence-corrected chi connectivity index (χ2v) is 9.17. The molecule has 1 aromatic carbocycles. The summed E-state index contributed by atoms with van der Waals surface area (Å²) in [5, 5.41) is 4.91. The van der Waals surface area contributed by atoms with Crippen LogP contribution in [0.3, 0.4) is 0 Å². The van der Waals surface area contributed by atoms with Crippen LogP contribution in [0.25, 0.3) is 0 Å². The first-order chi connectivity index (χ1) is 13.5. The van der Waals surface area contributed by atoms with E-state index in [1.807, 2.05) is 11.0 Å². The number of anilines is 1. The second-order valence-electron chi connectivity index (χ2n) is 6.23. The number of hydrogen-bond donors (Lipinski definition) is 2. The molecule has 0 atom stereocenters. The standard InChI is InChI=1S/C18H24FN5O2S2.HI/c1-20-18(21-8-9-22-28(25,26)17-7-4-14-27-17)24-12-10-23(11-13-24)16-6-3-2-5-15(16)19;/h2-7,14,22H,8-13H2,1H3,(H,20,21);1H. The number of para-hydroxylation sites is 1. The predicted molar refractivity (Wildman–Crippen MR) is 126 cm³/mol. The second kappa shape index (κ2) is 11.1. The molecule has 160 valence electrons. The van der Waals surface area contributed by atoms with Crippen LogP contribution in [0.15, 0.2) is 51.0 Å². The molecule has 2 aromatic rings. The van der Waals surface area contributed by atoms with Gasteiger partial charge >= 0.3 is 0 Å². The van der Waals surface area contributed by atoms with Gasteiger partial charge in [0.2, 0.25) is 10.0 Å². The van der Waals surface area contributed by atoms with Gasteiger partial charge in [-0.3, -0.25) is 4.99 Å². The van der Waals surface area contributed by atoms with Crippen LogP contribution in [0.4, 0.5) is 10.1 Å². The Morgan fingerprint density at radius 2 is 1.86 bits per heavy atom. The van der Waals surface area contributed by atoms with Gasteiger partial charge in [0.1, 0.15) is 10.0 Å². The highest BCUT2D eigenvalue weighted by Gasteiger charge is 2.21. The Morgan fingerprint density at radius 3 is 2.48 bits per heavy atom. The third kappa shape index (κ3) is 6.27. The first-order valence-electron chi connectivity index (χ1n) is 8.99. The van der Waals surface area contributed by atoms with Crippen molar-refractivity contribution in [2.45, 2.75) is 4.21 Å². The number of sulfonamides is 1. The first kappa shape index (κ1) is 23.8. The molecule has 1 fully saturated rings. The van der Waals surface area contributed by atoms with Gasteiger partial charge in [-0.05, 0) is 23.6 Å². The molecule has 2 heterocycles. The largest absolute Gasteiger partial charge is 0.366 e. The Balaban J connectivity index is 0.00000300. The third-order valence-corrected chi connectivity index (χ3v) is 7.30. The number of hydrogen-bond acceptors (Lipinski definition) is 5. The Kier molecular flexibility index (Phi) is 9.11. The fraction of sp³-hybridized carbons (Fsp3) is 0.389. The summed E-state index contributed by atoms with van der Waals surface area (Å²) in [5.74, 6) is 0.500. The minimum absolute atomic E-state index is 0. The van der Waals surface area contributed by atoms with Crippen molar-refractivity contribution in [1.82, 2.24) is 14.9 Å². The summed E-state index contributed by atoms with van der Waals surface area (Å²) < 4.78 is 41.0. The van der Waals surface area contributed by atoms with Gasteiger partial charge in [0, 0.05) is 46.3 Å². The molecule has 7 nitrogen and oxygen atoms in total. The molecule has 1 aromatic heterocycles. The van der Waals surface area contributed by atoms with E-state index in [4.69, 9.17) is 0 Å². The summed E-state index contributed by atoms with van der Waals surface area (Å²) >= 11 is 1.19. The van der Waals surface area contributed by atoms with Gasteiger partial charge in [-0.25, -0.2) is 17.5 Å². The van der Waals surface area contributed by atoms with E-state index < -0.39 is 10.0 Å². The number of rotatable bonds is 6. The number of benzene rings is 1. The zero-order chi connectivity index (χ0) is 20.0. The summed E-state index contributed by atoms with van der Waals surface area (Å²) in [5.41, 5.74) is 0.619. The predicted octanol–water partition coefficient (Wildman–Crippen LogP) is 2.18. The van der Waals surface area contributed by atoms with E-state index in [9.17, 15) is 12.8 Å². The number of piperazine rings is 1. The summed E-state index contributed by atoms with van der Waals surface area (Å²) in [6.45, 7) is 3.46. The van der Waals surface area contributed by atoms with Gasteiger partial charge in [-0.15, -0.1) is 35.3 Å². The van der Waals surface area contributed by atoms with E-state index in [0.717, 1.165) is 0 Å². The Morgan fingerprint density at radius 1 is 1.14 bits per heavy atom. The molecule has 11 heteroatoms. The van der Waals surface area contributed by atoms with Crippen molar-refractivity contribution in [2.75, 3.05) is 51.2 Å². The molecular formula is C18H25FIN5O2S2. The van der Waals surface area contributed by atoms with Gasteiger partial charge in [0.15, 0.2) is 5.96 Å². The van der Waals surface area contributed by atoms with E-state index in [2.05, 4.69) is 19.9 Å². The Bertz CT molecular complexity index is 901. The third-order valence-electron chi connectivity index (χ3n) is 4.44. The van der Waals surface area contributed by atoms with E-state index in [0.29, 0.717) is 48.6 Å². The van der Waals surface area contributed by atoms with Crippen molar-refractivity contribution in [2.24, 2.45) is 4.99 Å². The van der Waals surface area contributed by atoms with E-state index in [-0.39, 0.29) is 36.3 Å². The molecule has 29 heavy (non-hydrogen) atoms. The van der Waals surface area contributed by atoms with Crippen LogP contribution >= 0.6 is 35.3 Å².